The molecule has 1 fully saturated rings. The molecule has 172 valence electrons. The lowest BCUT2D eigenvalue weighted by Crippen LogP contribution is -2.69. The molecule has 0 bridgehead atoms. The van der Waals surface area contributed by atoms with Crippen molar-refractivity contribution >= 4 is 30.6 Å². The van der Waals surface area contributed by atoms with Crippen LogP contribution in [0.25, 0.3) is 0 Å². The SMILES string of the molecule is CC(=O)O[C@@H]1C(=O)O[C@@H]([C@H](O)CO)[C@@H]1O[Si](c1ccccc1)(c1ccccc1)C(C)(C)C. The fourth-order valence-electron chi connectivity index (χ4n) is 4.29. The lowest BCUT2D eigenvalue weighted by atomic mass is 10.1. The number of hydrogen-bond acceptors (Lipinski definition) is 7. The van der Waals surface area contributed by atoms with E-state index in [2.05, 4.69) is 20.8 Å². The van der Waals surface area contributed by atoms with E-state index >= 15 is 0 Å². The summed E-state index contributed by atoms with van der Waals surface area (Å²) < 4.78 is 17.5. The van der Waals surface area contributed by atoms with Crippen molar-refractivity contribution in [2.75, 3.05) is 6.61 Å². The van der Waals surface area contributed by atoms with Crippen LogP contribution in [-0.2, 0) is 23.5 Å². The first-order valence-corrected chi connectivity index (χ1v) is 12.5. The highest BCUT2D eigenvalue weighted by Crippen LogP contribution is 2.40. The van der Waals surface area contributed by atoms with E-state index in [1.54, 1.807) is 0 Å². The second-order valence-corrected chi connectivity index (χ2v) is 13.2. The Morgan fingerprint density at radius 3 is 1.97 bits per heavy atom. The van der Waals surface area contributed by atoms with Crippen LogP contribution in [0.2, 0.25) is 5.04 Å². The molecule has 0 saturated carbocycles. The zero-order valence-corrected chi connectivity index (χ0v) is 19.7. The summed E-state index contributed by atoms with van der Waals surface area (Å²) in [5.74, 6) is -1.47. The van der Waals surface area contributed by atoms with Crippen molar-refractivity contribution in [2.45, 2.75) is 57.1 Å². The molecule has 0 unspecified atom stereocenters. The summed E-state index contributed by atoms with van der Waals surface area (Å²) in [5.41, 5.74) is 0. The number of hydrogen-bond donors (Lipinski definition) is 2. The van der Waals surface area contributed by atoms with Crippen LogP contribution in [0.3, 0.4) is 0 Å². The first-order valence-electron chi connectivity index (χ1n) is 10.6. The van der Waals surface area contributed by atoms with Crippen LogP contribution in [0, 0.1) is 0 Å². The van der Waals surface area contributed by atoms with E-state index in [-0.39, 0.29) is 0 Å². The van der Waals surface area contributed by atoms with E-state index < -0.39 is 56.3 Å². The van der Waals surface area contributed by atoms with E-state index in [0.717, 1.165) is 10.4 Å². The van der Waals surface area contributed by atoms with Gasteiger partial charge in [0, 0.05) is 6.92 Å². The Hall–Kier alpha value is -2.52. The van der Waals surface area contributed by atoms with Crippen LogP contribution in [-0.4, -0.2) is 61.5 Å². The van der Waals surface area contributed by atoms with Gasteiger partial charge in [0.1, 0.15) is 12.2 Å². The molecule has 0 radical (unpaired) electrons. The van der Waals surface area contributed by atoms with Crippen molar-refractivity contribution in [2.24, 2.45) is 0 Å². The zero-order chi connectivity index (χ0) is 23.5. The highest BCUT2D eigenvalue weighted by molar-refractivity contribution is 6.99. The molecule has 0 aromatic heterocycles. The lowest BCUT2D eigenvalue weighted by Gasteiger charge is -2.45. The predicted molar refractivity (Wildman–Crippen MR) is 121 cm³/mol. The third-order valence-electron chi connectivity index (χ3n) is 5.70. The number of carbonyl (C=O) groups excluding carboxylic acids is 2. The Labute approximate surface area is 189 Å². The third kappa shape index (κ3) is 4.49. The molecule has 0 aliphatic carbocycles. The third-order valence-corrected chi connectivity index (χ3v) is 10.7. The van der Waals surface area contributed by atoms with E-state index in [1.165, 1.54) is 6.92 Å². The van der Waals surface area contributed by atoms with Gasteiger partial charge >= 0.3 is 11.9 Å². The van der Waals surface area contributed by atoms with Crippen molar-refractivity contribution in [1.82, 2.24) is 0 Å². The highest BCUT2D eigenvalue weighted by Gasteiger charge is 2.58. The molecule has 32 heavy (non-hydrogen) atoms. The van der Waals surface area contributed by atoms with Crippen LogP contribution >= 0.6 is 0 Å². The standard InChI is InChI=1S/C24H30O7Si/c1-16(26)29-22-21(20(19(27)15-25)30-23(22)28)31-32(24(2,3)4,17-11-7-5-8-12-17)18-13-9-6-10-14-18/h5-14,19-22,25,27H,15H2,1-4H3/t19-,20+,21+,22+/m1/s1. The van der Waals surface area contributed by atoms with Crippen molar-refractivity contribution in [3.05, 3.63) is 60.7 Å². The fourth-order valence-corrected chi connectivity index (χ4v) is 8.98. The lowest BCUT2D eigenvalue weighted by molar-refractivity contribution is -0.161. The second-order valence-electron chi connectivity index (χ2n) is 8.93. The van der Waals surface area contributed by atoms with Gasteiger partial charge < -0.3 is 24.1 Å². The Morgan fingerprint density at radius 1 is 1.06 bits per heavy atom. The van der Waals surface area contributed by atoms with Gasteiger partial charge in [-0.15, -0.1) is 0 Å². The molecule has 0 amide bonds. The first-order chi connectivity index (χ1) is 15.1. The number of cyclic esters (lactones) is 1. The minimum absolute atomic E-state index is 0.420. The topological polar surface area (TPSA) is 102 Å². The first kappa shape index (κ1) is 24.1. The second kappa shape index (κ2) is 9.54. The molecule has 7 nitrogen and oxygen atoms in total. The molecule has 4 atom stereocenters. The molecular formula is C24H30O7Si. The van der Waals surface area contributed by atoms with Gasteiger partial charge in [0.2, 0.25) is 6.10 Å². The fraction of sp³-hybridized carbons (Fsp3) is 0.417. The van der Waals surface area contributed by atoms with Gasteiger partial charge in [-0.2, -0.15) is 0 Å². The maximum absolute atomic E-state index is 12.6. The van der Waals surface area contributed by atoms with Crippen molar-refractivity contribution in [3.8, 4) is 0 Å². The number of benzene rings is 2. The Morgan fingerprint density at radius 2 is 1.56 bits per heavy atom. The molecule has 2 aromatic carbocycles. The van der Waals surface area contributed by atoms with Gasteiger partial charge in [-0.1, -0.05) is 81.4 Å². The summed E-state index contributed by atoms with van der Waals surface area (Å²) >= 11 is 0. The summed E-state index contributed by atoms with van der Waals surface area (Å²) in [6.45, 7) is 6.76. The van der Waals surface area contributed by atoms with Crippen molar-refractivity contribution < 1.29 is 33.7 Å². The number of ether oxygens (including phenoxy) is 2. The van der Waals surface area contributed by atoms with Crippen LogP contribution in [0.4, 0.5) is 0 Å². The molecule has 0 spiro atoms. The smallest absolute Gasteiger partial charge is 0.350 e. The van der Waals surface area contributed by atoms with Gasteiger partial charge in [0.25, 0.3) is 8.32 Å². The summed E-state index contributed by atoms with van der Waals surface area (Å²) in [6.07, 6.45) is -5.01. The minimum Gasteiger partial charge on any atom is -0.454 e. The Bertz CT molecular complexity index is 887. The van der Waals surface area contributed by atoms with Crippen LogP contribution in [0.15, 0.2) is 60.7 Å². The monoisotopic (exact) mass is 458 g/mol. The number of rotatable bonds is 7. The summed E-state index contributed by atoms with van der Waals surface area (Å²) in [6, 6.07) is 19.5. The van der Waals surface area contributed by atoms with Gasteiger partial charge in [-0.3, -0.25) is 4.79 Å². The average Bonchev–Trinajstić information content (AvgIpc) is 3.06. The average molecular weight is 459 g/mol. The molecule has 2 N–H and O–H groups in total. The summed E-state index contributed by atoms with van der Waals surface area (Å²) in [5, 5.41) is 21.5. The number of esters is 2. The largest absolute Gasteiger partial charge is 0.454 e. The van der Waals surface area contributed by atoms with E-state index in [4.69, 9.17) is 13.9 Å². The Balaban J connectivity index is 2.22. The van der Waals surface area contributed by atoms with E-state index in [1.807, 2.05) is 60.7 Å². The quantitative estimate of drug-likeness (QED) is 0.474. The van der Waals surface area contributed by atoms with Crippen molar-refractivity contribution in [3.63, 3.8) is 0 Å². The van der Waals surface area contributed by atoms with Gasteiger partial charge in [-0.05, 0) is 15.4 Å². The molecule has 2 aromatic rings. The zero-order valence-electron chi connectivity index (χ0n) is 18.7. The number of carbonyl (C=O) groups is 2. The van der Waals surface area contributed by atoms with Gasteiger partial charge in [0.15, 0.2) is 6.10 Å². The van der Waals surface area contributed by atoms with E-state index in [0.29, 0.717) is 0 Å². The summed E-state index contributed by atoms with van der Waals surface area (Å²) in [7, 11) is -3.15. The molecular weight excluding hydrogens is 428 g/mol. The highest BCUT2D eigenvalue weighted by atomic mass is 28.4. The minimum atomic E-state index is -3.15. The maximum atomic E-state index is 12.6. The predicted octanol–water partition coefficient (Wildman–Crippen LogP) is 1.14. The molecule has 1 aliphatic heterocycles. The molecule has 3 rings (SSSR count). The Kier molecular flexibility index (Phi) is 7.19. The molecule has 1 saturated heterocycles. The van der Waals surface area contributed by atoms with E-state index in [9.17, 15) is 19.8 Å². The van der Waals surface area contributed by atoms with Gasteiger partial charge in [0.05, 0.1) is 6.61 Å². The van der Waals surface area contributed by atoms with Gasteiger partial charge in [-0.25, -0.2) is 4.79 Å². The van der Waals surface area contributed by atoms with Crippen molar-refractivity contribution in [1.29, 1.82) is 0 Å². The molecule has 1 aliphatic rings. The summed E-state index contributed by atoms with van der Waals surface area (Å²) in [4.78, 5) is 24.4. The normalized spacial score (nSPS) is 22.3. The molecule has 1 heterocycles. The van der Waals surface area contributed by atoms with Crippen LogP contribution in [0.5, 0.6) is 0 Å². The maximum Gasteiger partial charge on any atom is 0.350 e. The van der Waals surface area contributed by atoms with Crippen LogP contribution < -0.4 is 10.4 Å². The van der Waals surface area contributed by atoms with Crippen LogP contribution in [0.1, 0.15) is 27.7 Å². The molecule has 8 heteroatoms. The number of aliphatic hydroxyl groups is 2. The number of aliphatic hydroxyl groups excluding tert-OH is 2.